The lowest BCUT2D eigenvalue weighted by Crippen LogP contribution is -2.35. The molecule has 0 amide bonds. The summed E-state index contributed by atoms with van der Waals surface area (Å²) < 4.78 is 21.0. The molecule has 24 heavy (non-hydrogen) atoms. The van der Waals surface area contributed by atoms with Crippen molar-refractivity contribution in [2.45, 2.75) is 37.3 Å². The molecule has 2 saturated heterocycles. The molecule has 2 aliphatic heterocycles. The van der Waals surface area contributed by atoms with Crippen molar-refractivity contribution >= 4 is 23.9 Å². The number of carboxylic acids is 2. The summed E-state index contributed by atoms with van der Waals surface area (Å²) in [5.41, 5.74) is 0. The van der Waals surface area contributed by atoms with E-state index in [1.54, 1.807) is 0 Å². The maximum atomic E-state index is 11.6. The van der Waals surface area contributed by atoms with Gasteiger partial charge in [0.25, 0.3) is 0 Å². The Bertz CT molecular complexity index is 554. The molecule has 0 aromatic carbocycles. The Kier molecular flexibility index (Phi) is 5.88. The van der Waals surface area contributed by atoms with Gasteiger partial charge in [0.1, 0.15) is 12.2 Å². The molecule has 2 heterocycles. The number of carboxylic acid groups (broad SMARTS) is 2. The SMILES string of the molecule is O=C(O)/C=C\C(=O)O[C@@H]1COC2C1OC[C@H]2OC(=O)CCC(=O)O. The third-order valence-electron chi connectivity index (χ3n) is 3.42. The maximum Gasteiger partial charge on any atom is 0.331 e. The Morgan fingerprint density at radius 2 is 1.50 bits per heavy atom. The molecule has 2 unspecified atom stereocenters. The van der Waals surface area contributed by atoms with Crippen molar-refractivity contribution in [1.29, 1.82) is 0 Å². The highest BCUT2D eigenvalue weighted by atomic mass is 16.7. The molecule has 2 aliphatic rings. The summed E-state index contributed by atoms with van der Waals surface area (Å²) in [6.45, 7) is 0.0539. The van der Waals surface area contributed by atoms with Crippen molar-refractivity contribution in [3.63, 3.8) is 0 Å². The number of fused-ring (bicyclic) bond motifs is 1. The Hall–Kier alpha value is -2.46. The molecule has 2 rings (SSSR count). The fraction of sp³-hybridized carbons (Fsp3) is 0.571. The third-order valence-corrected chi connectivity index (χ3v) is 3.42. The van der Waals surface area contributed by atoms with E-state index in [1.165, 1.54) is 0 Å². The average molecular weight is 344 g/mol. The largest absolute Gasteiger partial charge is 0.481 e. The molecular formula is C14H16O10. The van der Waals surface area contributed by atoms with Gasteiger partial charge in [-0.25, -0.2) is 9.59 Å². The van der Waals surface area contributed by atoms with E-state index in [0.29, 0.717) is 6.08 Å². The first-order valence-electron chi connectivity index (χ1n) is 7.13. The molecule has 0 spiro atoms. The number of ether oxygens (including phenoxy) is 4. The number of rotatable bonds is 7. The summed E-state index contributed by atoms with van der Waals surface area (Å²) in [5, 5.41) is 17.0. The van der Waals surface area contributed by atoms with Crippen LogP contribution in [-0.4, -0.2) is 71.7 Å². The minimum absolute atomic E-state index is 0.0190. The first kappa shape index (κ1) is 17.9. The highest BCUT2D eigenvalue weighted by Crippen LogP contribution is 2.30. The smallest absolute Gasteiger partial charge is 0.331 e. The lowest BCUT2D eigenvalue weighted by atomic mass is 10.1. The van der Waals surface area contributed by atoms with E-state index in [2.05, 4.69) is 0 Å². The number of carbonyl (C=O) groups excluding carboxylic acids is 2. The van der Waals surface area contributed by atoms with E-state index in [9.17, 15) is 19.2 Å². The van der Waals surface area contributed by atoms with Crippen LogP contribution in [0.15, 0.2) is 12.2 Å². The van der Waals surface area contributed by atoms with Crippen LogP contribution in [0.2, 0.25) is 0 Å². The predicted octanol–water partition coefficient (Wildman–Crippen LogP) is -0.887. The second-order valence-electron chi connectivity index (χ2n) is 5.16. The van der Waals surface area contributed by atoms with Crippen molar-refractivity contribution in [3.05, 3.63) is 12.2 Å². The molecule has 0 radical (unpaired) electrons. The third kappa shape index (κ3) is 4.77. The van der Waals surface area contributed by atoms with E-state index >= 15 is 0 Å². The van der Waals surface area contributed by atoms with Gasteiger partial charge in [0.15, 0.2) is 12.2 Å². The Labute approximate surface area is 135 Å². The molecule has 10 nitrogen and oxygen atoms in total. The molecule has 10 heteroatoms. The summed E-state index contributed by atoms with van der Waals surface area (Å²) >= 11 is 0. The maximum absolute atomic E-state index is 11.6. The molecule has 2 fully saturated rings. The standard InChI is InChI=1S/C14H16O10/c15-9(16)1-3-11(19)23-7-5-21-14-8(6-22-13(7)14)24-12(20)4-2-10(17)18/h1,3,7-8,13-14H,2,4-6H2,(H,15,16)(H,17,18)/b3-1-/t7-,8-,13?,14?/m1/s1. The van der Waals surface area contributed by atoms with E-state index in [1.807, 2.05) is 0 Å². The monoisotopic (exact) mass is 344 g/mol. The van der Waals surface area contributed by atoms with Crippen LogP contribution in [0.25, 0.3) is 0 Å². The second kappa shape index (κ2) is 7.88. The number of hydrogen-bond donors (Lipinski definition) is 2. The fourth-order valence-electron chi connectivity index (χ4n) is 2.40. The number of carbonyl (C=O) groups is 4. The van der Waals surface area contributed by atoms with Gasteiger partial charge in [0, 0.05) is 12.2 Å². The Morgan fingerprint density at radius 1 is 0.917 bits per heavy atom. The van der Waals surface area contributed by atoms with Gasteiger partial charge < -0.3 is 29.2 Å². The summed E-state index contributed by atoms with van der Waals surface area (Å²) in [6.07, 6.45) is -1.89. The summed E-state index contributed by atoms with van der Waals surface area (Å²) in [7, 11) is 0. The van der Waals surface area contributed by atoms with Gasteiger partial charge in [-0.2, -0.15) is 0 Å². The Morgan fingerprint density at radius 3 is 2.04 bits per heavy atom. The summed E-state index contributed by atoms with van der Waals surface area (Å²) in [6, 6.07) is 0. The number of aliphatic carboxylic acids is 2. The zero-order valence-electron chi connectivity index (χ0n) is 12.5. The zero-order chi connectivity index (χ0) is 17.7. The van der Waals surface area contributed by atoms with Crippen molar-refractivity contribution in [2.75, 3.05) is 13.2 Å². The molecule has 0 bridgehead atoms. The van der Waals surface area contributed by atoms with Gasteiger partial charge in [0.2, 0.25) is 0 Å². The zero-order valence-corrected chi connectivity index (χ0v) is 12.5. The van der Waals surface area contributed by atoms with E-state index in [-0.39, 0.29) is 26.1 Å². The predicted molar refractivity (Wildman–Crippen MR) is 72.9 cm³/mol. The molecule has 0 aromatic rings. The lowest BCUT2D eigenvalue weighted by Gasteiger charge is -2.16. The van der Waals surface area contributed by atoms with E-state index < -0.39 is 48.3 Å². The van der Waals surface area contributed by atoms with Crippen LogP contribution in [-0.2, 0) is 38.1 Å². The van der Waals surface area contributed by atoms with E-state index in [0.717, 1.165) is 6.08 Å². The van der Waals surface area contributed by atoms with Crippen LogP contribution in [0.1, 0.15) is 12.8 Å². The highest BCUT2D eigenvalue weighted by molar-refractivity contribution is 5.90. The van der Waals surface area contributed by atoms with Gasteiger partial charge >= 0.3 is 23.9 Å². The number of esters is 2. The summed E-state index contributed by atoms with van der Waals surface area (Å²) in [4.78, 5) is 43.8. The molecule has 0 aliphatic carbocycles. The van der Waals surface area contributed by atoms with Gasteiger partial charge in [-0.1, -0.05) is 0 Å². The van der Waals surface area contributed by atoms with Crippen LogP contribution in [0, 0.1) is 0 Å². The van der Waals surface area contributed by atoms with Crippen LogP contribution < -0.4 is 0 Å². The normalized spacial score (nSPS) is 28.5. The van der Waals surface area contributed by atoms with Gasteiger partial charge in [0.05, 0.1) is 26.1 Å². The Balaban J connectivity index is 1.83. The molecule has 132 valence electrons. The molecular weight excluding hydrogens is 328 g/mol. The van der Waals surface area contributed by atoms with Gasteiger partial charge in [-0.15, -0.1) is 0 Å². The first-order chi connectivity index (χ1) is 11.4. The van der Waals surface area contributed by atoms with Crippen molar-refractivity contribution < 1.29 is 48.3 Å². The van der Waals surface area contributed by atoms with Crippen LogP contribution in [0.4, 0.5) is 0 Å². The van der Waals surface area contributed by atoms with Crippen molar-refractivity contribution in [1.82, 2.24) is 0 Å². The summed E-state index contributed by atoms with van der Waals surface area (Å²) in [5.74, 6) is -3.92. The molecule has 0 aromatic heterocycles. The highest BCUT2D eigenvalue weighted by Gasteiger charge is 2.51. The molecule has 4 atom stereocenters. The average Bonchev–Trinajstić information content (AvgIpc) is 3.07. The van der Waals surface area contributed by atoms with Gasteiger partial charge in [-0.05, 0) is 0 Å². The van der Waals surface area contributed by atoms with Gasteiger partial charge in [-0.3, -0.25) is 9.59 Å². The first-order valence-corrected chi connectivity index (χ1v) is 7.13. The van der Waals surface area contributed by atoms with Crippen molar-refractivity contribution in [2.24, 2.45) is 0 Å². The van der Waals surface area contributed by atoms with Crippen LogP contribution in [0.5, 0.6) is 0 Å². The van der Waals surface area contributed by atoms with Crippen LogP contribution >= 0.6 is 0 Å². The van der Waals surface area contributed by atoms with Crippen LogP contribution in [0.3, 0.4) is 0 Å². The topological polar surface area (TPSA) is 146 Å². The lowest BCUT2D eigenvalue weighted by molar-refractivity contribution is -0.156. The second-order valence-corrected chi connectivity index (χ2v) is 5.16. The van der Waals surface area contributed by atoms with Crippen molar-refractivity contribution in [3.8, 4) is 0 Å². The number of hydrogen-bond acceptors (Lipinski definition) is 8. The quantitative estimate of drug-likeness (QED) is 0.440. The fourth-order valence-corrected chi connectivity index (χ4v) is 2.40. The minimum Gasteiger partial charge on any atom is -0.481 e. The molecule has 2 N–H and O–H groups in total. The van der Waals surface area contributed by atoms with E-state index in [4.69, 9.17) is 29.2 Å². The minimum atomic E-state index is -1.28. The molecule has 0 saturated carbocycles.